The number of rotatable bonds is 3. The van der Waals surface area contributed by atoms with Gasteiger partial charge in [0.05, 0.1) is 24.7 Å². The monoisotopic (exact) mass is 397 g/mol. The van der Waals surface area contributed by atoms with E-state index in [1.165, 1.54) is 6.07 Å². The van der Waals surface area contributed by atoms with E-state index in [4.69, 9.17) is 4.74 Å². The van der Waals surface area contributed by atoms with Crippen molar-refractivity contribution in [3.63, 3.8) is 0 Å². The molecule has 9 heteroatoms. The first kappa shape index (κ1) is 18.5. The first-order chi connectivity index (χ1) is 12.7. The second-order valence-electron chi connectivity index (χ2n) is 7.43. The molecule has 3 heterocycles. The van der Waals surface area contributed by atoms with Crippen LogP contribution in [0.15, 0.2) is 24.4 Å². The Morgan fingerprint density at radius 3 is 2.70 bits per heavy atom. The van der Waals surface area contributed by atoms with Gasteiger partial charge in [-0.05, 0) is 30.5 Å². The van der Waals surface area contributed by atoms with Crippen molar-refractivity contribution in [1.29, 1.82) is 0 Å². The molecule has 0 aliphatic carbocycles. The highest BCUT2D eigenvalue weighted by Gasteiger charge is 2.37. The summed E-state index contributed by atoms with van der Waals surface area (Å²) in [5.41, 5.74) is 1.91. The Labute approximate surface area is 156 Å². The number of benzene rings is 1. The topological polar surface area (TPSA) is 64.4 Å². The van der Waals surface area contributed by atoms with Crippen molar-refractivity contribution in [2.45, 2.75) is 38.6 Å². The molecule has 0 radical (unpaired) electrons. The van der Waals surface area contributed by atoms with Crippen LogP contribution in [-0.2, 0) is 27.8 Å². The summed E-state index contributed by atoms with van der Waals surface area (Å²) in [5.74, 6) is -0.913. The molecule has 1 saturated heterocycles. The quantitative estimate of drug-likeness (QED) is 0.796. The van der Waals surface area contributed by atoms with Crippen molar-refractivity contribution < 1.29 is 21.9 Å². The molecular weight excluding hydrogens is 376 g/mol. The van der Waals surface area contributed by atoms with Gasteiger partial charge in [-0.1, -0.05) is 6.92 Å². The molecular formula is C18H21F2N3O3S. The highest BCUT2D eigenvalue weighted by Crippen LogP contribution is 2.38. The lowest BCUT2D eigenvalue weighted by Gasteiger charge is -2.38. The van der Waals surface area contributed by atoms with Crippen LogP contribution in [0.5, 0.6) is 0 Å². The summed E-state index contributed by atoms with van der Waals surface area (Å²) in [6.07, 6.45) is 2.98. The fourth-order valence-electron chi connectivity index (χ4n) is 3.96. The summed E-state index contributed by atoms with van der Waals surface area (Å²) < 4.78 is 57.7. The molecule has 0 N–H and O–H groups in total. The van der Waals surface area contributed by atoms with Gasteiger partial charge < -0.3 is 4.74 Å². The van der Waals surface area contributed by atoms with E-state index in [9.17, 15) is 17.2 Å². The van der Waals surface area contributed by atoms with Crippen molar-refractivity contribution in [3.05, 3.63) is 52.9 Å². The van der Waals surface area contributed by atoms with E-state index in [0.29, 0.717) is 19.7 Å². The standard InChI is InChI=1S/C18H21F2N3O3S/c1-11-5-14(10-26-18(11)15-6-13(19)3-4-16(15)20)22-7-12-8-23(27(2,24)25)21-17(12)9-22/h3-4,6,8,11,14,18H,5,7,9-10H2,1-2H3/t11-,14+,18-/m0/s1. The predicted octanol–water partition coefficient (Wildman–Crippen LogP) is 2.45. The fourth-order valence-corrected chi connectivity index (χ4v) is 4.53. The molecule has 6 nitrogen and oxygen atoms in total. The molecule has 146 valence electrons. The van der Waals surface area contributed by atoms with Crippen LogP contribution >= 0.6 is 0 Å². The second kappa shape index (κ2) is 6.65. The van der Waals surface area contributed by atoms with Crippen LogP contribution in [0.4, 0.5) is 8.78 Å². The van der Waals surface area contributed by atoms with Crippen LogP contribution in [0.25, 0.3) is 0 Å². The first-order valence-corrected chi connectivity index (χ1v) is 10.7. The number of hydrogen-bond acceptors (Lipinski definition) is 5. The second-order valence-corrected chi connectivity index (χ2v) is 9.27. The zero-order chi connectivity index (χ0) is 19.3. The third-order valence-electron chi connectivity index (χ3n) is 5.33. The van der Waals surface area contributed by atoms with Gasteiger partial charge in [0.1, 0.15) is 11.6 Å². The van der Waals surface area contributed by atoms with Gasteiger partial charge in [-0.25, -0.2) is 17.2 Å². The zero-order valence-corrected chi connectivity index (χ0v) is 15.9. The molecule has 1 fully saturated rings. The lowest BCUT2D eigenvalue weighted by molar-refractivity contribution is -0.0723. The van der Waals surface area contributed by atoms with E-state index in [1.54, 1.807) is 6.20 Å². The number of aromatic nitrogens is 2. The van der Waals surface area contributed by atoms with E-state index in [0.717, 1.165) is 40.2 Å². The number of fused-ring (bicyclic) bond motifs is 1. The molecule has 2 aliphatic rings. The van der Waals surface area contributed by atoms with Crippen molar-refractivity contribution in [2.75, 3.05) is 12.9 Å². The fraction of sp³-hybridized carbons (Fsp3) is 0.500. The Morgan fingerprint density at radius 1 is 1.26 bits per heavy atom. The Hall–Kier alpha value is -1.84. The molecule has 0 unspecified atom stereocenters. The predicted molar refractivity (Wildman–Crippen MR) is 94.3 cm³/mol. The Morgan fingerprint density at radius 2 is 2.04 bits per heavy atom. The van der Waals surface area contributed by atoms with Crippen LogP contribution in [0.2, 0.25) is 0 Å². The maximum atomic E-state index is 14.1. The number of ether oxygens (including phenoxy) is 1. The molecule has 2 aliphatic heterocycles. The minimum atomic E-state index is -3.38. The van der Waals surface area contributed by atoms with Crippen molar-refractivity contribution in [2.24, 2.45) is 5.92 Å². The molecule has 4 rings (SSSR count). The average molecular weight is 397 g/mol. The van der Waals surface area contributed by atoms with Gasteiger partial charge in [-0.3, -0.25) is 4.90 Å². The van der Waals surface area contributed by atoms with Crippen molar-refractivity contribution >= 4 is 10.0 Å². The van der Waals surface area contributed by atoms with Crippen molar-refractivity contribution in [1.82, 2.24) is 14.1 Å². The normalized spacial score (nSPS) is 26.3. The summed E-state index contributed by atoms with van der Waals surface area (Å²) in [4.78, 5) is 2.19. The average Bonchev–Trinajstić information content (AvgIpc) is 3.16. The van der Waals surface area contributed by atoms with Gasteiger partial charge in [-0.2, -0.15) is 9.19 Å². The molecule has 1 aromatic carbocycles. The largest absolute Gasteiger partial charge is 0.372 e. The Bertz CT molecular complexity index is 953. The summed E-state index contributed by atoms with van der Waals surface area (Å²) in [5, 5.41) is 4.16. The minimum absolute atomic E-state index is 0.0175. The summed E-state index contributed by atoms with van der Waals surface area (Å²) in [6.45, 7) is 3.53. The van der Waals surface area contributed by atoms with Crippen LogP contribution in [0.3, 0.4) is 0 Å². The summed E-state index contributed by atoms with van der Waals surface area (Å²) in [6, 6.07) is 3.56. The van der Waals surface area contributed by atoms with E-state index in [-0.39, 0.29) is 17.5 Å². The number of hydrogen-bond donors (Lipinski definition) is 0. The molecule has 0 spiro atoms. The highest BCUT2D eigenvalue weighted by molar-refractivity contribution is 7.89. The maximum Gasteiger partial charge on any atom is 0.250 e. The van der Waals surface area contributed by atoms with Gasteiger partial charge in [0.25, 0.3) is 10.0 Å². The summed E-state index contributed by atoms with van der Waals surface area (Å²) in [7, 11) is -3.38. The molecule has 0 amide bonds. The van der Waals surface area contributed by atoms with Crippen molar-refractivity contribution in [3.8, 4) is 0 Å². The van der Waals surface area contributed by atoms with Gasteiger partial charge in [0.2, 0.25) is 0 Å². The van der Waals surface area contributed by atoms with Gasteiger partial charge in [0, 0.05) is 36.5 Å². The van der Waals surface area contributed by atoms with E-state index in [1.807, 2.05) is 6.92 Å². The Kier molecular flexibility index (Phi) is 4.56. The van der Waals surface area contributed by atoms with E-state index >= 15 is 0 Å². The maximum absolute atomic E-state index is 14.1. The highest BCUT2D eigenvalue weighted by atomic mass is 32.2. The SMILES string of the molecule is C[C@H]1C[C@@H](N2Cc3cn(S(C)(=O)=O)nc3C2)CO[C@@H]1c1cc(F)ccc1F. The van der Waals surface area contributed by atoms with Gasteiger partial charge >= 0.3 is 0 Å². The van der Waals surface area contributed by atoms with Crippen LogP contribution < -0.4 is 0 Å². The lowest BCUT2D eigenvalue weighted by Crippen LogP contribution is -2.42. The molecule has 3 atom stereocenters. The third kappa shape index (κ3) is 3.51. The minimum Gasteiger partial charge on any atom is -0.372 e. The lowest BCUT2D eigenvalue weighted by atomic mass is 9.88. The Balaban J connectivity index is 1.44. The molecule has 2 aromatic rings. The number of nitrogens with zero attached hydrogens (tertiary/aromatic N) is 3. The van der Waals surface area contributed by atoms with Crippen LogP contribution in [0.1, 0.15) is 36.3 Å². The molecule has 1 aromatic heterocycles. The first-order valence-electron chi connectivity index (χ1n) is 8.81. The third-order valence-corrected chi connectivity index (χ3v) is 6.20. The molecule has 0 saturated carbocycles. The number of halogens is 2. The van der Waals surface area contributed by atoms with E-state index < -0.39 is 27.8 Å². The van der Waals surface area contributed by atoms with E-state index in [2.05, 4.69) is 10.00 Å². The van der Waals surface area contributed by atoms with Gasteiger partial charge in [-0.15, -0.1) is 0 Å². The zero-order valence-electron chi connectivity index (χ0n) is 15.1. The smallest absolute Gasteiger partial charge is 0.250 e. The van der Waals surface area contributed by atoms with Gasteiger partial charge in [0.15, 0.2) is 0 Å². The molecule has 27 heavy (non-hydrogen) atoms. The molecule has 0 bridgehead atoms. The van der Waals surface area contributed by atoms with Crippen LogP contribution in [0, 0.1) is 17.6 Å². The summed E-state index contributed by atoms with van der Waals surface area (Å²) >= 11 is 0. The van der Waals surface area contributed by atoms with Crippen LogP contribution in [-0.4, -0.2) is 41.4 Å².